The molecule has 31 heavy (non-hydrogen) atoms. The zero-order chi connectivity index (χ0) is 22.0. The molecular weight excluding hydrogens is 392 g/mol. The average molecular weight is 414 g/mol. The van der Waals surface area contributed by atoms with Crippen LogP contribution in [0, 0.1) is 13.8 Å². The molecule has 0 aliphatic rings. The molecule has 156 valence electrons. The van der Waals surface area contributed by atoms with Gasteiger partial charge in [-0.05, 0) is 37.1 Å². The Bertz CT molecular complexity index is 1290. The van der Waals surface area contributed by atoms with Gasteiger partial charge in [0.1, 0.15) is 11.3 Å². The van der Waals surface area contributed by atoms with Crippen LogP contribution >= 0.6 is 0 Å². The second kappa shape index (κ2) is 8.48. The summed E-state index contributed by atoms with van der Waals surface area (Å²) in [6.45, 7) is 3.67. The van der Waals surface area contributed by atoms with Crippen molar-refractivity contribution in [3.8, 4) is 5.75 Å². The minimum absolute atomic E-state index is 0.363. The molecule has 0 spiro atoms. The van der Waals surface area contributed by atoms with Crippen molar-refractivity contribution < 1.29 is 19.1 Å². The maximum Gasteiger partial charge on any atom is 0.349 e. The number of hydrogen-bond donors (Lipinski definition) is 1. The average Bonchev–Trinajstić information content (AvgIpc) is 2.78. The number of aliphatic carboxylic acids is 1. The lowest BCUT2D eigenvalue weighted by atomic mass is 9.98. The minimum Gasteiger partial charge on any atom is -0.478 e. The number of rotatable bonds is 6. The van der Waals surface area contributed by atoms with Gasteiger partial charge in [0.25, 0.3) is 0 Å². The van der Waals surface area contributed by atoms with Crippen molar-refractivity contribution in [1.82, 2.24) is 0 Å². The Kier molecular flexibility index (Phi) is 5.58. The van der Waals surface area contributed by atoms with Crippen LogP contribution in [-0.4, -0.2) is 11.1 Å². The Morgan fingerprint density at radius 1 is 0.935 bits per heavy atom. The molecule has 0 saturated heterocycles. The van der Waals surface area contributed by atoms with Gasteiger partial charge in [0.2, 0.25) is 6.10 Å². The maximum atomic E-state index is 12.8. The highest BCUT2D eigenvalue weighted by Crippen LogP contribution is 2.32. The van der Waals surface area contributed by atoms with Crippen LogP contribution in [0.2, 0.25) is 0 Å². The molecule has 0 aliphatic carbocycles. The van der Waals surface area contributed by atoms with Gasteiger partial charge in [-0.2, -0.15) is 0 Å². The largest absolute Gasteiger partial charge is 0.478 e. The lowest BCUT2D eigenvalue weighted by Gasteiger charge is -2.18. The second-order valence-electron chi connectivity index (χ2n) is 7.47. The molecule has 3 aromatic carbocycles. The number of carboxylic acid groups (broad SMARTS) is 1. The summed E-state index contributed by atoms with van der Waals surface area (Å²) < 4.78 is 11.5. The molecule has 0 saturated carbocycles. The van der Waals surface area contributed by atoms with Gasteiger partial charge >= 0.3 is 11.6 Å². The summed E-state index contributed by atoms with van der Waals surface area (Å²) in [4.78, 5) is 24.6. The first-order valence-corrected chi connectivity index (χ1v) is 10.00. The lowest BCUT2D eigenvalue weighted by Crippen LogP contribution is -2.18. The van der Waals surface area contributed by atoms with E-state index in [2.05, 4.69) is 0 Å². The Labute approximate surface area is 179 Å². The molecule has 1 N–H and O–H groups in total. The molecule has 0 amide bonds. The number of carboxylic acids is 1. The molecule has 1 aromatic heterocycles. The lowest BCUT2D eigenvalue weighted by molar-refractivity contribution is -0.145. The summed E-state index contributed by atoms with van der Waals surface area (Å²) in [5.41, 5.74) is 3.63. The summed E-state index contributed by atoms with van der Waals surface area (Å²) in [6, 6.07) is 22.0. The fraction of sp³-hybridized carbons (Fsp3) is 0.154. The normalized spacial score (nSPS) is 11.9. The first-order chi connectivity index (χ1) is 15.0. The van der Waals surface area contributed by atoms with Crippen LogP contribution in [0.3, 0.4) is 0 Å². The van der Waals surface area contributed by atoms with Gasteiger partial charge in [-0.1, -0.05) is 60.7 Å². The third kappa shape index (κ3) is 4.08. The molecular formula is C26H22O5. The van der Waals surface area contributed by atoms with Gasteiger partial charge in [-0.3, -0.25) is 0 Å². The fourth-order valence-corrected chi connectivity index (χ4v) is 3.72. The molecule has 0 bridgehead atoms. The van der Waals surface area contributed by atoms with Crippen LogP contribution in [0.1, 0.15) is 33.9 Å². The molecule has 1 heterocycles. The van der Waals surface area contributed by atoms with E-state index in [0.29, 0.717) is 34.4 Å². The van der Waals surface area contributed by atoms with Crippen molar-refractivity contribution >= 4 is 16.9 Å². The van der Waals surface area contributed by atoms with Crippen molar-refractivity contribution in [3.05, 3.63) is 111 Å². The third-order valence-corrected chi connectivity index (χ3v) is 5.45. The first kappa shape index (κ1) is 20.4. The topological polar surface area (TPSA) is 76.7 Å². The molecule has 0 fully saturated rings. The van der Waals surface area contributed by atoms with Crippen molar-refractivity contribution in [2.24, 2.45) is 0 Å². The number of aryl methyl sites for hydroxylation is 2. The number of carbonyl (C=O) groups is 1. The molecule has 4 aromatic rings. The Balaban J connectivity index is 1.75. The van der Waals surface area contributed by atoms with Gasteiger partial charge in [0, 0.05) is 28.5 Å². The Morgan fingerprint density at radius 2 is 1.58 bits per heavy atom. The predicted molar refractivity (Wildman–Crippen MR) is 119 cm³/mol. The predicted octanol–water partition coefficient (Wildman–Crippen LogP) is 5.21. The maximum absolute atomic E-state index is 12.8. The van der Waals surface area contributed by atoms with Gasteiger partial charge < -0.3 is 14.3 Å². The zero-order valence-electron chi connectivity index (χ0n) is 17.3. The summed E-state index contributed by atoms with van der Waals surface area (Å²) in [7, 11) is 0. The monoisotopic (exact) mass is 414 g/mol. The van der Waals surface area contributed by atoms with E-state index in [1.807, 2.05) is 49.4 Å². The van der Waals surface area contributed by atoms with E-state index in [1.54, 1.807) is 37.3 Å². The highest BCUT2D eigenvalue weighted by atomic mass is 16.5. The molecule has 5 nitrogen and oxygen atoms in total. The first-order valence-electron chi connectivity index (χ1n) is 10.00. The Morgan fingerprint density at radius 3 is 2.23 bits per heavy atom. The van der Waals surface area contributed by atoms with Gasteiger partial charge in [0.15, 0.2) is 0 Å². The van der Waals surface area contributed by atoms with Crippen LogP contribution in [-0.2, 0) is 11.2 Å². The van der Waals surface area contributed by atoms with Crippen LogP contribution in [0.15, 0.2) is 82.0 Å². The minimum atomic E-state index is -1.16. The Hall–Kier alpha value is -3.86. The molecule has 5 heteroatoms. The number of benzene rings is 3. The van der Waals surface area contributed by atoms with Gasteiger partial charge in [0.05, 0.1) is 0 Å². The summed E-state index contributed by atoms with van der Waals surface area (Å²) in [5.74, 6) is -0.733. The quantitative estimate of drug-likeness (QED) is 0.439. The molecule has 0 aliphatic heterocycles. The number of ether oxygens (including phenoxy) is 1. The standard InChI is InChI=1S/C26H22O5/c1-16-20-13-14-22(30-24(25(27)28)19-11-7-4-8-12-19)17(2)23(20)31-26(29)21(16)15-18-9-5-3-6-10-18/h3-14,24H,15H2,1-2H3,(H,27,28). The van der Waals surface area contributed by atoms with Gasteiger partial charge in [-0.15, -0.1) is 0 Å². The SMILES string of the molecule is Cc1c(Cc2ccccc2)c(=O)oc2c(C)c(OC(C(=O)O)c3ccccc3)ccc12. The van der Waals surface area contributed by atoms with Crippen molar-refractivity contribution in [3.63, 3.8) is 0 Å². The number of fused-ring (bicyclic) bond motifs is 1. The van der Waals surface area contributed by atoms with Crippen molar-refractivity contribution in [2.45, 2.75) is 26.4 Å². The summed E-state index contributed by atoms with van der Waals surface area (Å²) >= 11 is 0. The van der Waals surface area contributed by atoms with E-state index in [-0.39, 0.29) is 0 Å². The van der Waals surface area contributed by atoms with Crippen molar-refractivity contribution in [1.29, 1.82) is 0 Å². The zero-order valence-corrected chi connectivity index (χ0v) is 17.3. The van der Waals surface area contributed by atoms with E-state index in [0.717, 1.165) is 16.5 Å². The molecule has 1 unspecified atom stereocenters. The fourth-order valence-electron chi connectivity index (χ4n) is 3.72. The molecule has 0 radical (unpaired) electrons. The second-order valence-corrected chi connectivity index (χ2v) is 7.47. The molecule has 4 rings (SSSR count). The van der Waals surface area contributed by atoms with Crippen LogP contribution in [0.5, 0.6) is 5.75 Å². The molecule has 1 atom stereocenters. The van der Waals surface area contributed by atoms with E-state index < -0.39 is 17.7 Å². The van der Waals surface area contributed by atoms with E-state index in [4.69, 9.17) is 9.15 Å². The van der Waals surface area contributed by atoms with Crippen LogP contribution < -0.4 is 10.4 Å². The van der Waals surface area contributed by atoms with Crippen LogP contribution in [0.4, 0.5) is 0 Å². The number of hydrogen-bond acceptors (Lipinski definition) is 4. The summed E-state index contributed by atoms with van der Waals surface area (Å²) in [6.07, 6.45) is -0.681. The van der Waals surface area contributed by atoms with E-state index in [9.17, 15) is 14.7 Å². The van der Waals surface area contributed by atoms with E-state index >= 15 is 0 Å². The smallest absolute Gasteiger partial charge is 0.349 e. The highest BCUT2D eigenvalue weighted by molar-refractivity contribution is 5.86. The van der Waals surface area contributed by atoms with Crippen LogP contribution in [0.25, 0.3) is 11.0 Å². The summed E-state index contributed by atoms with van der Waals surface area (Å²) in [5, 5.41) is 10.5. The van der Waals surface area contributed by atoms with Crippen molar-refractivity contribution in [2.75, 3.05) is 0 Å². The highest BCUT2D eigenvalue weighted by Gasteiger charge is 2.24. The van der Waals surface area contributed by atoms with Gasteiger partial charge in [-0.25, -0.2) is 9.59 Å². The van der Waals surface area contributed by atoms with E-state index in [1.165, 1.54) is 0 Å². The third-order valence-electron chi connectivity index (χ3n) is 5.45.